The van der Waals surface area contributed by atoms with Crippen molar-refractivity contribution in [3.8, 4) is 0 Å². The van der Waals surface area contributed by atoms with Crippen LogP contribution in [-0.4, -0.2) is 29.8 Å². The smallest absolute Gasteiger partial charge is 0.189 e. The van der Waals surface area contributed by atoms with E-state index in [4.69, 9.17) is 9.47 Å². The maximum Gasteiger partial charge on any atom is 0.189 e. The van der Waals surface area contributed by atoms with Gasteiger partial charge < -0.3 is 9.47 Å². The van der Waals surface area contributed by atoms with Crippen LogP contribution in [0.4, 0.5) is 0 Å². The van der Waals surface area contributed by atoms with Gasteiger partial charge in [-0.1, -0.05) is 0 Å². The van der Waals surface area contributed by atoms with E-state index in [0.29, 0.717) is 25.6 Å². The minimum atomic E-state index is 0.476. The van der Waals surface area contributed by atoms with Gasteiger partial charge in [-0.15, -0.1) is 0 Å². The van der Waals surface area contributed by atoms with E-state index in [2.05, 4.69) is 9.97 Å². The van der Waals surface area contributed by atoms with E-state index in [1.807, 2.05) is 0 Å². The first kappa shape index (κ1) is 7.64. The molecule has 2 heterocycles. The van der Waals surface area contributed by atoms with Crippen molar-refractivity contribution in [2.24, 2.45) is 0 Å². The first-order valence-corrected chi connectivity index (χ1v) is 3.80. The second-order valence-corrected chi connectivity index (χ2v) is 2.40. The average molecular weight is 165 g/mol. The molecule has 2 rings (SSSR count). The summed E-state index contributed by atoms with van der Waals surface area (Å²) < 4.78 is 10.5. The van der Waals surface area contributed by atoms with Crippen LogP contribution >= 0.6 is 0 Å². The van der Waals surface area contributed by atoms with Crippen molar-refractivity contribution in [1.29, 1.82) is 0 Å². The van der Waals surface area contributed by atoms with Gasteiger partial charge in [0.1, 0.15) is 0 Å². The van der Waals surface area contributed by atoms with Crippen molar-refractivity contribution in [2.75, 3.05) is 19.8 Å². The van der Waals surface area contributed by atoms with Gasteiger partial charge in [0.05, 0.1) is 19.8 Å². The summed E-state index contributed by atoms with van der Waals surface area (Å²) in [5.74, 6) is 0.622. The lowest BCUT2D eigenvalue weighted by molar-refractivity contribution is -0.0205. The van der Waals surface area contributed by atoms with Crippen molar-refractivity contribution >= 4 is 0 Å². The van der Waals surface area contributed by atoms with E-state index in [9.17, 15) is 0 Å². The summed E-state index contributed by atoms with van der Waals surface area (Å²) in [4.78, 5) is 8.10. The average Bonchev–Trinajstić information content (AvgIpc) is 2.21. The van der Waals surface area contributed by atoms with Gasteiger partial charge in [0.15, 0.2) is 11.9 Å². The molecule has 0 aliphatic carbocycles. The third-order valence-electron chi connectivity index (χ3n) is 1.55. The second kappa shape index (κ2) is 3.60. The first-order chi connectivity index (χ1) is 5.97. The van der Waals surface area contributed by atoms with E-state index in [0.717, 1.165) is 6.10 Å². The zero-order valence-corrected chi connectivity index (χ0v) is 6.56. The molecule has 1 fully saturated rings. The van der Waals surface area contributed by atoms with Gasteiger partial charge in [-0.05, 0) is 6.07 Å². The van der Waals surface area contributed by atoms with Crippen molar-refractivity contribution in [1.82, 2.24) is 9.97 Å². The highest BCUT2D eigenvalue weighted by Gasteiger charge is 2.19. The van der Waals surface area contributed by atoms with Gasteiger partial charge in [-0.25, -0.2) is 9.97 Å². The Bertz CT molecular complexity index is 234. The summed E-state index contributed by atoms with van der Waals surface area (Å²) >= 11 is 0. The molecule has 0 unspecified atom stereocenters. The van der Waals surface area contributed by atoms with Gasteiger partial charge in [-0.2, -0.15) is 0 Å². The number of nitrogens with zero attached hydrogens (tertiary/aromatic N) is 2. The molecular formula is C8H9N2O2. The van der Waals surface area contributed by atoms with Crippen LogP contribution < -0.4 is 0 Å². The van der Waals surface area contributed by atoms with E-state index < -0.39 is 0 Å². The maximum atomic E-state index is 5.33. The molecular weight excluding hydrogens is 156 g/mol. The molecule has 0 saturated carbocycles. The van der Waals surface area contributed by atoms with Crippen LogP contribution in [-0.2, 0) is 9.47 Å². The van der Waals surface area contributed by atoms with E-state index in [1.54, 1.807) is 18.5 Å². The largest absolute Gasteiger partial charge is 0.375 e. The van der Waals surface area contributed by atoms with E-state index in [1.165, 1.54) is 0 Å². The Morgan fingerprint density at radius 1 is 1.17 bits per heavy atom. The molecule has 12 heavy (non-hydrogen) atoms. The fourth-order valence-corrected chi connectivity index (χ4v) is 1.00. The molecule has 1 aromatic rings. The lowest BCUT2D eigenvalue weighted by Crippen LogP contribution is -2.24. The molecule has 1 aliphatic rings. The Kier molecular flexibility index (Phi) is 2.29. The van der Waals surface area contributed by atoms with Crippen LogP contribution in [0.3, 0.4) is 0 Å². The number of aromatic nitrogens is 2. The summed E-state index contributed by atoms with van der Waals surface area (Å²) in [5, 5.41) is 0. The fourth-order valence-electron chi connectivity index (χ4n) is 1.00. The number of rotatable bonds is 1. The predicted octanol–water partition coefficient (Wildman–Crippen LogP) is 0.403. The molecule has 63 valence electrons. The Morgan fingerprint density at radius 3 is 2.67 bits per heavy atom. The summed E-state index contributed by atoms with van der Waals surface area (Å²) in [7, 11) is 0. The minimum Gasteiger partial charge on any atom is -0.375 e. The first-order valence-electron chi connectivity index (χ1n) is 3.80. The van der Waals surface area contributed by atoms with Crippen LogP contribution in [0.2, 0.25) is 0 Å². The molecule has 4 heteroatoms. The van der Waals surface area contributed by atoms with Gasteiger partial charge >= 0.3 is 0 Å². The molecule has 1 aliphatic heterocycles. The highest BCUT2D eigenvalue weighted by Crippen LogP contribution is 2.14. The van der Waals surface area contributed by atoms with Gasteiger partial charge in [0, 0.05) is 12.4 Å². The Morgan fingerprint density at radius 2 is 2.00 bits per heavy atom. The SMILES string of the molecule is c1cnc([C]2COCCO2)nc1. The molecule has 1 aromatic heterocycles. The standard InChI is InChI=1S/C8H9N2O2/c1-2-9-8(10-3-1)7-6-11-4-5-12-7/h1-3H,4-6H2. The summed E-state index contributed by atoms with van der Waals surface area (Å²) in [5.41, 5.74) is 0. The third kappa shape index (κ3) is 1.60. The lowest BCUT2D eigenvalue weighted by Gasteiger charge is -2.19. The molecule has 4 nitrogen and oxygen atoms in total. The number of hydrogen-bond donors (Lipinski definition) is 0. The van der Waals surface area contributed by atoms with Crippen LogP contribution in [0.25, 0.3) is 0 Å². The Balaban J connectivity index is 2.08. The second-order valence-electron chi connectivity index (χ2n) is 2.40. The van der Waals surface area contributed by atoms with Crippen molar-refractivity contribution in [3.63, 3.8) is 0 Å². The molecule has 0 bridgehead atoms. The molecule has 0 N–H and O–H groups in total. The maximum absolute atomic E-state index is 5.33. The minimum absolute atomic E-state index is 0.476. The highest BCUT2D eigenvalue weighted by atomic mass is 16.6. The number of hydrogen-bond acceptors (Lipinski definition) is 4. The van der Waals surface area contributed by atoms with Crippen LogP contribution in [0.15, 0.2) is 18.5 Å². The monoisotopic (exact) mass is 165 g/mol. The van der Waals surface area contributed by atoms with E-state index >= 15 is 0 Å². The van der Waals surface area contributed by atoms with Crippen LogP contribution in [0.1, 0.15) is 5.82 Å². The van der Waals surface area contributed by atoms with Crippen molar-refractivity contribution < 1.29 is 9.47 Å². The molecule has 0 spiro atoms. The van der Waals surface area contributed by atoms with E-state index in [-0.39, 0.29) is 0 Å². The summed E-state index contributed by atoms with van der Waals surface area (Å²) in [6.07, 6.45) is 4.10. The van der Waals surface area contributed by atoms with Gasteiger partial charge in [-0.3, -0.25) is 0 Å². The van der Waals surface area contributed by atoms with Crippen molar-refractivity contribution in [2.45, 2.75) is 0 Å². The normalized spacial score (nSPS) is 19.3. The third-order valence-corrected chi connectivity index (χ3v) is 1.55. The topological polar surface area (TPSA) is 44.2 Å². The highest BCUT2D eigenvalue weighted by molar-refractivity contribution is 5.09. The molecule has 0 atom stereocenters. The fraction of sp³-hybridized carbons (Fsp3) is 0.375. The summed E-state index contributed by atoms with van der Waals surface area (Å²) in [6.45, 7) is 1.72. The summed E-state index contributed by atoms with van der Waals surface area (Å²) in [6, 6.07) is 1.77. The van der Waals surface area contributed by atoms with Gasteiger partial charge in [0.2, 0.25) is 0 Å². The molecule has 0 amide bonds. The van der Waals surface area contributed by atoms with Gasteiger partial charge in [0.25, 0.3) is 0 Å². The lowest BCUT2D eigenvalue weighted by atomic mass is 10.3. The number of ether oxygens (including phenoxy) is 2. The van der Waals surface area contributed by atoms with Crippen molar-refractivity contribution in [3.05, 3.63) is 30.4 Å². The molecule has 1 saturated heterocycles. The quantitative estimate of drug-likeness (QED) is 0.604. The Hall–Kier alpha value is -1.00. The van der Waals surface area contributed by atoms with Crippen LogP contribution in [0, 0.1) is 6.10 Å². The molecule has 1 radical (unpaired) electrons. The Labute approximate surface area is 70.6 Å². The zero-order chi connectivity index (χ0) is 8.23. The zero-order valence-electron chi connectivity index (χ0n) is 6.56. The van der Waals surface area contributed by atoms with Crippen LogP contribution in [0.5, 0.6) is 0 Å². The predicted molar refractivity (Wildman–Crippen MR) is 41.1 cm³/mol. The molecule has 0 aromatic carbocycles.